The minimum atomic E-state index is -1.32. The topological polar surface area (TPSA) is 119 Å². The van der Waals surface area contributed by atoms with Crippen LogP contribution in [-0.2, 0) is 0 Å². The molecule has 0 spiro atoms. The van der Waals surface area contributed by atoms with Crippen molar-refractivity contribution in [3.8, 4) is 5.75 Å². The molecule has 0 fully saturated rings. The van der Waals surface area contributed by atoms with E-state index in [1.807, 2.05) is 0 Å². The van der Waals surface area contributed by atoms with Gasteiger partial charge in [-0.15, -0.1) is 0 Å². The molecule has 0 heterocycles. The van der Waals surface area contributed by atoms with Gasteiger partial charge in [-0.2, -0.15) is 0 Å². The summed E-state index contributed by atoms with van der Waals surface area (Å²) in [5.41, 5.74) is 5.22. The average molecular weight is 256 g/mol. The first kappa shape index (κ1) is 14.4. The third-order valence-corrected chi connectivity index (χ3v) is 2.43. The number of nitro groups is 1. The van der Waals surface area contributed by atoms with Gasteiger partial charge in [0.2, 0.25) is 0 Å². The van der Waals surface area contributed by atoms with Crippen molar-refractivity contribution >= 4 is 5.69 Å². The second-order valence-electron chi connectivity index (χ2n) is 3.66. The van der Waals surface area contributed by atoms with Gasteiger partial charge in [0.25, 0.3) is 5.69 Å². The predicted octanol–water partition coefficient (Wildman–Crippen LogP) is 0.347. The highest BCUT2D eigenvalue weighted by molar-refractivity contribution is 5.45. The number of aliphatic hydroxyl groups is 2. The number of nitro benzene ring substituents is 1. The van der Waals surface area contributed by atoms with Gasteiger partial charge in [0, 0.05) is 24.2 Å². The summed E-state index contributed by atoms with van der Waals surface area (Å²) in [5.74, 6) is 0.295. The molecule has 18 heavy (non-hydrogen) atoms. The van der Waals surface area contributed by atoms with E-state index >= 15 is 0 Å². The summed E-state index contributed by atoms with van der Waals surface area (Å²) in [7, 11) is 0. The van der Waals surface area contributed by atoms with Gasteiger partial charge in [-0.1, -0.05) is 0 Å². The van der Waals surface area contributed by atoms with Crippen LogP contribution in [-0.4, -0.2) is 34.4 Å². The maximum absolute atomic E-state index is 10.7. The number of ether oxygens (including phenoxy) is 1. The zero-order valence-corrected chi connectivity index (χ0v) is 9.94. The number of aliphatic hydroxyl groups excluding tert-OH is 2. The van der Waals surface area contributed by atoms with Crippen molar-refractivity contribution in [3.05, 3.63) is 33.9 Å². The number of nitrogens with zero attached hydrogens (tertiary/aromatic N) is 1. The lowest BCUT2D eigenvalue weighted by Gasteiger charge is -2.19. The molecule has 0 saturated carbocycles. The molecule has 0 aliphatic carbocycles. The molecule has 0 amide bonds. The first-order valence-corrected chi connectivity index (χ1v) is 5.48. The van der Waals surface area contributed by atoms with Crippen LogP contribution in [0.3, 0.4) is 0 Å². The number of nitrogens with two attached hydrogens (primary N) is 1. The highest BCUT2D eigenvalue weighted by Gasteiger charge is 2.23. The summed E-state index contributed by atoms with van der Waals surface area (Å²) in [6.45, 7) is 1.93. The summed E-state index contributed by atoms with van der Waals surface area (Å²) in [6, 6.07) is 3.84. The molecular formula is C11H16N2O5. The molecule has 0 radical (unpaired) electrons. The van der Waals surface area contributed by atoms with Gasteiger partial charge in [-0.3, -0.25) is 10.1 Å². The predicted molar refractivity (Wildman–Crippen MR) is 64.3 cm³/mol. The molecule has 0 aliphatic rings. The van der Waals surface area contributed by atoms with Gasteiger partial charge in [-0.25, -0.2) is 0 Å². The lowest BCUT2D eigenvalue weighted by molar-refractivity contribution is -0.385. The van der Waals surface area contributed by atoms with Crippen molar-refractivity contribution in [3.63, 3.8) is 0 Å². The Morgan fingerprint density at radius 2 is 2.17 bits per heavy atom. The van der Waals surface area contributed by atoms with Crippen LogP contribution in [0.1, 0.15) is 18.6 Å². The normalized spacial score (nSPS) is 14.0. The fourth-order valence-corrected chi connectivity index (χ4v) is 1.50. The van der Waals surface area contributed by atoms with Crippen LogP contribution in [0.2, 0.25) is 0 Å². The van der Waals surface area contributed by atoms with Crippen LogP contribution in [0, 0.1) is 10.1 Å². The molecule has 0 aliphatic heterocycles. The Hall–Kier alpha value is -1.70. The molecular weight excluding hydrogens is 240 g/mol. The Bertz CT molecular complexity index is 424. The fourth-order valence-electron chi connectivity index (χ4n) is 1.50. The van der Waals surface area contributed by atoms with E-state index in [-0.39, 0.29) is 17.8 Å². The molecule has 2 unspecified atom stereocenters. The maximum atomic E-state index is 10.7. The monoisotopic (exact) mass is 256 g/mol. The first-order chi connectivity index (χ1) is 8.51. The van der Waals surface area contributed by atoms with E-state index in [1.54, 1.807) is 6.92 Å². The van der Waals surface area contributed by atoms with Crippen LogP contribution in [0.4, 0.5) is 5.69 Å². The van der Waals surface area contributed by atoms with Crippen LogP contribution in [0.15, 0.2) is 18.2 Å². The van der Waals surface area contributed by atoms with E-state index in [4.69, 9.17) is 10.5 Å². The number of hydrogen-bond donors (Lipinski definition) is 3. The molecule has 1 rings (SSSR count). The Balaban J connectivity index is 3.18. The largest absolute Gasteiger partial charge is 0.493 e. The van der Waals surface area contributed by atoms with Gasteiger partial charge in [0.05, 0.1) is 17.6 Å². The van der Waals surface area contributed by atoms with E-state index in [2.05, 4.69) is 0 Å². The van der Waals surface area contributed by atoms with Gasteiger partial charge in [0.1, 0.15) is 11.9 Å². The number of benzene rings is 1. The van der Waals surface area contributed by atoms with Crippen LogP contribution < -0.4 is 10.5 Å². The Kier molecular flexibility index (Phi) is 5.02. The quantitative estimate of drug-likeness (QED) is 0.499. The van der Waals surface area contributed by atoms with Gasteiger partial charge >= 0.3 is 0 Å². The molecule has 1 aromatic rings. The molecule has 7 heteroatoms. The maximum Gasteiger partial charge on any atom is 0.270 e. The molecule has 100 valence electrons. The van der Waals surface area contributed by atoms with Crippen molar-refractivity contribution in [2.24, 2.45) is 5.73 Å². The third kappa shape index (κ3) is 3.16. The summed E-state index contributed by atoms with van der Waals surface area (Å²) in [6.07, 6.45) is -2.53. The molecule has 0 aromatic heterocycles. The average Bonchev–Trinajstić information content (AvgIpc) is 2.37. The summed E-state index contributed by atoms with van der Waals surface area (Å²) in [5, 5.41) is 30.1. The second kappa shape index (κ2) is 6.29. The highest BCUT2D eigenvalue weighted by atomic mass is 16.6. The third-order valence-electron chi connectivity index (χ3n) is 2.43. The smallest absolute Gasteiger partial charge is 0.270 e. The van der Waals surface area contributed by atoms with Crippen molar-refractivity contribution in [2.45, 2.75) is 19.1 Å². The van der Waals surface area contributed by atoms with Crippen LogP contribution >= 0.6 is 0 Å². The summed E-state index contributed by atoms with van der Waals surface area (Å²) >= 11 is 0. The lowest BCUT2D eigenvalue weighted by atomic mass is 10.0. The van der Waals surface area contributed by atoms with Crippen molar-refractivity contribution in [2.75, 3.05) is 13.2 Å². The number of hydrogen-bond acceptors (Lipinski definition) is 6. The van der Waals surface area contributed by atoms with Crippen molar-refractivity contribution in [1.29, 1.82) is 0 Å². The molecule has 0 bridgehead atoms. The van der Waals surface area contributed by atoms with E-state index < -0.39 is 17.1 Å². The zero-order valence-electron chi connectivity index (χ0n) is 9.94. The summed E-state index contributed by atoms with van der Waals surface area (Å²) < 4.78 is 5.25. The van der Waals surface area contributed by atoms with Gasteiger partial charge in [-0.05, 0) is 13.0 Å². The first-order valence-electron chi connectivity index (χ1n) is 5.48. The SMILES string of the molecule is CCOc1ccc([N+](=O)[O-])cc1C(O)C(O)CN. The van der Waals surface area contributed by atoms with Crippen LogP contribution in [0.5, 0.6) is 5.75 Å². The van der Waals surface area contributed by atoms with Gasteiger partial charge < -0.3 is 20.7 Å². The fraction of sp³-hybridized carbons (Fsp3) is 0.455. The highest BCUT2D eigenvalue weighted by Crippen LogP contribution is 2.31. The Morgan fingerprint density at radius 1 is 1.50 bits per heavy atom. The summed E-state index contributed by atoms with van der Waals surface area (Å²) in [4.78, 5) is 10.1. The van der Waals surface area contributed by atoms with Crippen molar-refractivity contribution < 1.29 is 19.9 Å². The molecule has 0 saturated heterocycles. The Labute approximate surface area is 104 Å². The number of rotatable bonds is 6. The second-order valence-corrected chi connectivity index (χ2v) is 3.66. The van der Waals surface area contributed by atoms with E-state index in [0.717, 1.165) is 0 Å². The molecule has 1 aromatic carbocycles. The number of non-ortho nitro benzene ring substituents is 1. The standard InChI is InChI=1S/C11H16N2O5/c1-2-18-10-4-3-7(13(16)17)5-8(10)11(15)9(14)6-12/h3-5,9,11,14-15H,2,6,12H2,1H3. The molecule has 2 atom stereocenters. The van der Waals surface area contributed by atoms with Crippen molar-refractivity contribution in [1.82, 2.24) is 0 Å². The van der Waals surface area contributed by atoms with E-state index in [0.29, 0.717) is 12.4 Å². The Morgan fingerprint density at radius 3 is 2.67 bits per heavy atom. The lowest BCUT2D eigenvalue weighted by Crippen LogP contribution is -2.27. The van der Waals surface area contributed by atoms with Gasteiger partial charge in [0.15, 0.2) is 0 Å². The molecule has 4 N–H and O–H groups in total. The molecule has 7 nitrogen and oxygen atoms in total. The minimum absolute atomic E-state index is 0.156. The zero-order chi connectivity index (χ0) is 13.7. The minimum Gasteiger partial charge on any atom is -0.493 e. The van der Waals surface area contributed by atoms with E-state index in [9.17, 15) is 20.3 Å². The van der Waals surface area contributed by atoms with Crippen LogP contribution in [0.25, 0.3) is 0 Å². The van der Waals surface area contributed by atoms with E-state index in [1.165, 1.54) is 18.2 Å².